The third-order valence-electron chi connectivity index (χ3n) is 2.40. The van der Waals surface area contributed by atoms with Crippen molar-refractivity contribution in [3.05, 3.63) is 29.8 Å². The van der Waals surface area contributed by atoms with Gasteiger partial charge >= 0.3 is 0 Å². The summed E-state index contributed by atoms with van der Waals surface area (Å²) < 4.78 is 5.03. The molecule has 1 rings (SSSR count). The number of rotatable bonds is 6. The normalized spacial score (nSPS) is 11.9. The van der Waals surface area contributed by atoms with Crippen LogP contribution in [0.4, 0.5) is 0 Å². The third kappa shape index (κ3) is 4.42. The molecule has 1 atom stereocenters. The Morgan fingerprint density at radius 3 is 2.59 bits per heavy atom. The van der Waals surface area contributed by atoms with Crippen molar-refractivity contribution in [2.45, 2.75) is 6.10 Å². The zero-order valence-electron chi connectivity index (χ0n) is 10.1. The Labute approximate surface area is 101 Å². The first-order chi connectivity index (χ1) is 8.17. The second-order valence-corrected chi connectivity index (χ2v) is 3.59. The molecule has 0 aromatic heterocycles. The topological polar surface area (TPSA) is 70.6 Å². The van der Waals surface area contributed by atoms with Gasteiger partial charge in [0, 0.05) is 13.6 Å². The first kappa shape index (κ1) is 13.5. The van der Waals surface area contributed by atoms with Crippen LogP contribution in [0.25, 0.3) is 0 Å². The lowest BCUT2D eigenvalue weighted by Crippen LogP contribution is -2.33. The molecule has 5 nitrogen and oxygen atoms in total. The number of hydrogen-bond donors (Lipinski definition) is 3. The van der Waals surface area contributed by atoms with Crippen LogP contribution in [0, 0.1) is 0 Å². The highest BCUT2D eigenvalue weighted by Crippen LogP contribution is 2.16. The van der Waals surface area contributed by atoms with Gasteiger partial charge in [0.2, 0.25) is 5.91 Å². The van der Waals surface area contributed by atoms with Crippen molar-refractivity contribution < 1.29 is 14.6 Å². The standard InChI is InChI=1S/C12H18N2O3/c1-13-12(16)8-14-7-11(15)9-3-5-10(17-2)6-4-9/h3-6,11,14-15H,7-8H2,1-2H3,(H,13,16). The smallest absolute Gasteiger partial charge is 0.233 e. The number of carbonyl (C=O) groups excluding carboxylic acids is 1. The largest absolute Gasteiger partial charge is 0.497 e. The Morgan fingerprint density at radius 1 is 1.41 bits per heavy atom. The minimum Gasteiger partial charge on any atom is -0.497 e. The molecule has 0 aliphatic heterocycles. The maximum atomic E-state index is 10.9. The summed E-state index contributed by atoms with van der Waals surface area (Å²) in [7, 11) is 3.17. The van der Waals surface area contributed by atoms with E-state index in [0.29, 0.717) is 6.54 Å². The van der Waals surface area contributed by atoms with Crippen molar-refractivity contribution in [2.75, 3.05) is 27.2 Å². The Morgan fingerprint density at radius 2 is 2.06 bits per heavy atom. The lowest BCUT2D eigenvalue weighted by molar-refractivity contribution is -0.119. The van der Waals surface area contributed by atoms with Crippen LogP contribution < -0.4 is 15.4 Å². The highest BCUT2D eigenvalue weighted by Gasteiger charge is 2.07. The number of benzene rings is 1. The van der Waals surface area contributed by atoms with E-state index in [1.54, 1.807) is 38.4 Å². The van der Waals surface area contributed by atoms with Gasteiger partial charge in [-0.2, -0.15) is 0 Å². The van der Waals surface area contributed by atoms with Crippen LogP contribution in [0.3, 0.4) is 0 Å². The van der Waals surface area contributed by atoms with Crippen molar-refractivity contribution in [2.24, 2.45) is 0 Å². The summed E-state index contributed by atoms with van der Waals surface area (Å²) in [4.78, 5) is 10.9. The zero-order valence-corrected chi connectivity index (χ0v) is 10.1. The van der Waals surface area contributed by atoms with E-state index in [1.165, 1.54) is 0 Å². The summed E-state index contributed by atoms with van der Waals surface area (Å²) in [6.45, 7) is 0.531. The molecule has 0 bridgehead atoms. The summed E-state index contributed by atoms with van der Waals surface area (Å²) in [5, 5.41) is 15.2. The minimum atomic E-state index is -0.634. The van der Waals surface area contributed by atoms with Crippen LogP contribution >= 0.6 is 0 Å². The van der Waals surface area contributed by atoms with Crippen molar-refractivity contribution in [3.8, 4) is 5.75 Å². The molecular formula is C12H18N2O3. The highest BCUT2D eigenvalue weighted by atomic mass is 16.5. The molecule has 0 saturated heterocycles. The number of methoxy groups -OCH3 is 1. The van der Waals surface area contributed by atoms with E-state index in [2.05, 4.69) is 10.6 Å². The number of amides is 1. The molecule has 17 heavy (non-hydrogen) atoms. The second kappa shape index (κ2) is 6.88. The first-order valence-corrected chi connectivity index (χ1v) is 5.40. The minimum absolute atomic E-state index is 0.105. The molecule has 1 aromatic carbocycles. The lowest BCUT2D eigenvalue weighted by Gasteiger charge is -2.12. The summed E-state index contributed by atoms with van der Waals surface area (Å²) in [5.74, 6) is 0.645. The average Bonchev–Trinajstić information content (AvgIpc) is 2.38. The van der Waals surface area contributed by atoms with Crippen LogP contribution in [0.2, 0.25) is 0 Å². The molecule has 0 spiro atoms. The lowest BCUT2D eigenvalue weighted by atomic mass is 10.1. The highest BCUT2D eigenvalue weighted by molar-refractivity contribution is 5.77. The molecule has 1 unspecified atom stereocenters. The molecule has 3 N–H and O–H groups in total. The van der Waals surface area contributed by atoms with Crippen LogP contribution in [0.5, 0.6) is 5.75 Å². The quantitative estimate of drug-likeness (QED) is 0.655. The van der Waals surface area contributed by atoms with Crippen molar-refractivity contribution in [1.29, 1.82) is 0 Å². The van der Waals surface area contributed by atoms with Gasteiger partial charge in [0.15, 0.2) is 0 Å². The third-order valence-corrected chi connectivity index (χ3v) is 2.40. The maximum absolute atomic E-state index is 10.9. The van der Waals surface area contributed by atoms with Gasteiger partial charge in [-0.3, -0.25) is 4.79 Å². The molecule has 94 valence electrons. The molecule has 0 aliphatic carbocycles. The summed E-state index contributed by atoms with van der Waals surface area (Å²) >= 11 is 0. The summed E-state index contributed by atoms with van der Waals surface area (Å²) in [6.07, 6.45) is -0.634. The van der Waals surface area contributed by atoms with Gasteiger partial charge in [0.05, 0.1) is 19.8 Å². The molecule has 0 heterocycles. The van der Waals surface area contributed by atoms with Gasteiger partial charge in [-0.25, -0.2) is 0 Å². The van der Waals surface area contributed by atoms with Gasteiger partial charge in [-0.1, -0.05) is 12.1 Å². The van der Waals surface area contributed by atoms with E-state index in [-0.39, 0.29) is 12.5 Å². The Kier molecular flexibility index (Phi) is 5.45. The molecule has 0 saturated carbocycles. The van der Waals surface area contributed by atoms with E-state index in [9.17, 15) is 9.90 Å². The number of carbonyl (C=O) groups is 1. The fourth-order valence-electron chi connectivity index (χ4n) is 1.35. The molecule has 0 aliphatic rings. The van der Waals surface area contributed by atoms with E-state index >= 15 is 0 Å². The second-order valence-electron chi connectivity index (χ2n) is 3.59. The SMILES string of the molecule is CNC(=O)CNCC(O)c1ccc(OC)cc1. The summed E-state index contributed by atoms with van der Waals surface area (Å²) in [5.41, 5.74) is 0.787. The van der Waals surface area contributed by atoms with E-state index < -0.39 is 6.10 Å². The molecule has 0 radical (unpaired) electrons. The van der Waals surface area contributed by atoms with E-state index in [4.69, 9.17) is 4.74 Å². The van der Waals surface area contributed by atoms with Crippen LogP contribution in [-0.2, 0) is 4.79 Å². The fraction of sp³-hybridized carbons (Fsp3) is 0.417. The fourth-order valence-corrected chi connectivity index (χ4v) is 1.35. The Balaban J connectivity index is 2.40. The zero-order chi connectivity index (χ0) is 12.7. The van der Waals surface area contributed by atoms with E-state index in [0.717, 1.165) is 11.3 Å². The van der Waals surface area contributed by atoms with Gasteiger partial charge in [-0.15, -0.1) is 0 Å². The number of aliphatic hydroxyl groups is 1. The van der Waals surface area contributed by atoms with E-state index in [1.807, 2.05) is 0 Å². The van der Waals surface area contributed by atoms with Crippen molar-refractivity contribution in [1.82, 2.24) is 10.6 Å². The van der Waals surface area contributed by atoms with Gasteiger partial charge < -0.3 is 20.5 Å². The first-order valence-electron chi connectivity index (χ1n) is 5.40. The number of hydrogen-bond acceptors (Lipinski definition) is 4. The maximum Gasteiger partial charge on any atom is 0.233 e. The van der Waals surface area contributed by atoms with Crippen LogP contribution in [0.15, 0.2) is 24.3 Å². The van der Waals surface area contributed by atoms with Crippen molar-refractivity contribution >= 4 is 5.91 Å². The van der Waals surface area contributed by atoms with Crippen molar-refractivity contribution in [3.63, 3.8) is 0 Å². The van der Waals surface area contributed by atoms with Gasteiger partial charge in [-0.05, 0) is 17.7 Å². The van der Waals surface area contributed by atoms with Crippen LogP contribution in [0.1, 0.15) is 11.7 Å². The molecule has 1 amide bonds. The van der Waals surface area contributed by atoms with Gasteiger partial charge in [0.25, 0.3) is 0 Å². The molecule has 1 aromatic rings. The molecule has 0 fully saturated rings. The predicted octanol–water partition coefficient (Wildman–Crippen LogP) is 0.0642. The monoisotopic (exact) mass is 238 g/mol. The average molecular weight is 238 g/mol. The molecular weight excluding hydrogens is 220 g/mol. The number of nitrogens with one attached hydrogen (secondary N) is 2. The summed E-state index contributed by atoms with van der Waals surface area (Å²) in [6, 6.07) is 7.17. The molecule has 5 heteroatoms. The van der Waals surface area contributed by atoms with Gasteiger partial charge in [0.1, 0.15) is 5.75 Å². The Hall–Kier alpha value is -1.59. The Bertz CT molecular complexity index is 351. The number of aliphatic hydroxyl groups excluding tert-OH is 1. The predicted molar refractivity (Wildman–Crippen MR) is 64.9 cm³/mol. The number of ether oxygens (including phenoxy) is 1. The van der Waals surface area contributed by atoms with Crippen LogP contribution in [-0.4, -0.2) is 38.3 Å². The number of likely N-dealkylation sites (N-methyl/N-ethyl adjacent to an activating group) is 1.